The Kier molecular flexibility index (Phi) is 5.60. The minimum Gasteiger partial charge on any atom is -0.309 e. The first-order chi connectivity index (χ1) is 5.04. The molecule has 0 saturated carbocycles. The van der Waals surface area contributed by atoms with E-state index in [1.165, 1.54) is 11.8 Å². The van der Waals surface area contributed by atoms with Gasteiger partial charge in [0.05, 0.1) is 0 Å². The van der Waals surface area contributed by atoms with Crippen LogP contribution < -0.4 is 0 Å². The largest absolute Gasteiger partial charge is 0.309 e. The summed E-state index contributed by atoms with van der Waals surface area (Å²) in [5.41, 5.74) is 0. The number of thioether (sulfide) groups is 1. The van der Waals surface area contributed by atoms with Gasteiger partial charge < -0.3 is 4.90 Å². The zero-order chi connectivity index (χ0) is 8.85. The molecule has 0 bridgehead atoms. The Morgan fingerprint density at radius 1 is 1.45 bits per heavy atom. The summed E-state index contributed by atoms with van der Waals surface area (Å²) in [5, 5.41) is 0.298. The first kappa shape index (κ1) is 11.0. The molecule has 66 valence electrons. The van der Waals surface area contributed by atoms with E-state index in [0.29, 0.717) is 5.12 Å². The molecule has 0 aliphatic heterocycles. The predicted octanol–water partition coefficient (Wildman–Crippen LogP) is 1.46. The highest BCUT2D eigenvalue weighted by Crippen LogP contribution is 2.09. The molecule has 0 unspecified atom stereocenters. The molecule has 0 radical (unpaired) electrons. The van der Waals surface area contributed by atoms with Crippen LogP contribution in [-0.4, -0.2) is 36.4 Å². The number of carbonyl (C=O) groups excluding carboxylic acids is 1. The minimum atomic E-state index is 0.169. The van der Waals surface area contributed by atoms with Gasteiger partial charge in [-0.3, -0.25) is 4.79 Å². The van der Waals surface area contributed by atoms with Crippen molar-refractivity contribution >= 4 is 16.9 Å². The van der Waals surface area contributed by atoms with Crippen LogP contribution >= 0.6 is 11.8 Å². The molecule has 0 aliphatic rings. The highest BCUT2D eigenvalue weighted by atomic mass is 32.2. The Bertz CT molecular complexity index is 123. The van der Waals surface area contributed by atoms with Gasteiger partial charge in [-0.1, -0.05) is 25.6 Å². The molecule has 0 aliphatic carbocycles. The molecule has 3 heteroatoms. The van der Waals surface area contributed by atoms with E-state index in [0.717, 1.165) is 12.3 Å². The summed E-state index contributed by atoms with van der Waals surface area (Å²) in [5.74, 6) is 1.08. The van der Waals surface area contributed by atoms with Crippen LogP contribution in [0.25, 0.3) is 0 Å². The van der Waals surface area contributed by atoms with E-state index >= 15 is 0 Å². The fraction of sp³-hybridized carbons (Fsp3) is 0.875. The van der Waals surface area contributed by atoms with Gasteiger partial charge in [-0.25, -0.2) is 0 Å². The number of hydrogen-bond acceptors (Lipinski definition) is 3. The lowest BCUT2D eigenvalue weighted by Crippen LogP contribution is -2.16. The molecule has 11 heavy (non-hydrogen) atoms. The second-order valence-electron chi connectivity index (χ2n) is 3.13. The van der Waals surface area contributed by atoms with Crippen LogP contribution in [0.5, 0.6) is 0 Å². The Hall–Kier alpha value is -0.0200. The molecule has 0 saturated heterocycles. The molecule has 0 atom stereocenters. The third kappa shape index (κ3) is 6.38. The Morgan fingerprint density at radius 2 is 2.00 bits per heavy atom. The van der Waals surface area contributed by atoms with Crippen molar-refractivity contribution in [3.63, 3.8) is 0 Å². The average molecular weight is 175 g/mol. The summed E-state index contributed by atoms with van der Waals surface area (Å²) in [4.78, 5) is 13.2. The highest BCUT2D eigenvalue weighted by molar-refractivity contribution is 8.13. The summed E-state index contributed by atoms with van der Waals surface area (Å²) >= 11 is 1.43. The maximum absolute atomic E-state index is 11.1. The standard InChI is InChI=1S/C8H17NOS/c1-7(2)8(10)11-6-5-9(3)4/h7H,5-6H2,1-4H3. The van der Waals surface area contributed by atoms with Crippen LogP contribution in [0.3, 0.4) is 0 Å². The van der Waals surface area contributed by atoms with Gasteiger partial charge in [0.1, 0.15) is 0 Å². The molecule has 0 N–H and O–H groups in total. The fourth-order valence-electron chi connectivity index (χ4n) is 0.495. The lowest BCUT2D eigenvalue weighted by Gasteiger charge is -2.08. The van der Waals surface area contributed by atoms with Crippen molar-refractivity contribution in [1.29, 1.82) is 0 Å². The summed E-state index contributed by atoms with van der Waals surface area (Å²) in [7, 11) is 4.03. The number of hydrogen-bond donors (Lipinski definition) is 0. The smallest absolute Gasteiger partial charge is 0.191 e. The molecule has 0 aromatic carbocycles. The summed E-state index contributed by atoms with van der Waals surface area (Å²) in [6.07, 6.45) is 0. The highest BCUT2D eigenvalue weighted by Gasteiger charge is 2.06. The fourth-order valence-corrected chi connectivity index (χ4v) is 1.49. The summed E-state index contributed by atoms with van der Waals surface area (Å²) in [6.45, 7) is 4.85. The lowest BCUT2D eigenvalue weighted by atomic mass is 10.3. The molecule has 0 aromatic heterocycles. The number of nitrogens with zero attached hydrogens (tertiary/aromatic N) is 1. The topological polar surface area (TPSA) is 20.3 Å². The zero-order valence-corrected chi connectivity index (χ0v) is 8.57. The summed E-state index contributed by atoms with van der Waals surface area (Å²) in [6, 6.07) is 0. The van der Waals surface area contributed by atoms with E-state index in [9.17, 15) is 4.79 Å². The van der Waals surface area contributed by atoms with Crippen LogP contribution in [0.2, 0.25) is 0 Å². The van der Waals surface area contributed by atoms with E-state index in [4.69, 9.17) is 0 Å². The molecule has 0 spiro atoms. The van der Waals surface area contributed by atoms with Crippen molar-refractivity contribution in [2.24, 2.45) is 5.92 Å². The van der Waals surface area contributed by atoms with Gasteiger partial charge >= 0.3 is 0 Å². The average Bonchev–Trinajstić information content (AvgIpc) is 1.86. The lowest BCUT2D eigenvalue weighted by molar-refractivity contribution is -0.113. The normalized spacial score (nSPS) is 11.1. The molecular formula is C8H17NOS. The van der Waals surface area contributed by atoms with E-state index in [2.05, 4.69) is 4.90 Å². The van der Waals surface area contributed by atoms with E-state index in [1.807, 2.05) is 27.9 Å². The van der Waals surface area contributed by atoms with Crippen LogP contribution in [-0.2, 0) is 4.79 Å². The van der Waals surface area contributed by atoms with Gasteiger partial charge in [0.2, 0.25) is 0 Å². The van der Waals surface area contributed by atoms with E-state index in [1.54, 1.807) is 0 Å². The van der Waals surface area contributed by atoms with Crippen LogP contribution in [0, 0.1) is 5.92 Å². The second-order valence-corrected chi connectivity index (χ2v) is 4.22. The maximum atomic E-state index is 11.1. The van der Waals surface area contributed by atoms with Gasteiger partial charge in [-0.05, 0) is 14.1 Å². The molecular weight excluding hydrogens is 158 g/mol. The maximum Gasteiger partial charge on any atom is 0.191 e. The van der Waals surface area contributed by atoms with Crippen molar-refractivity contribution in [2.75, 3.05) is 26.4 Å². The number of rotatable bonds is 4. The summed E-state index contributed by atoms with van der Waals surface area (Å²) < 4.78 is 0. The van der Waals surface area contributed by atoms with Crippen molar-refractivity contribution in [3.05, 3.63) is 0 Å². The third-order valence-corrected chi connectivity index (χ3v) is 2.40. The molecule has 0 fully saturated rings. The number of carbonyl (C=O) groups is 1. The van der Waals surface area contributed by atoms with Gasteiger partial charge in [0.25, 0.3) is 0 Å². The van der Waals surface area contributed by atoms with Crippen LogP contribution in [0.1, 0.15) is 13.8 Å². The second kappa shape index (κ2) is 5.61. The molecule has 0 heterocycles. The van der Waals surface area contributed by atoms with Gasteiger partial charge in [0.15, 0.2) is 5.12 Å². The SMILES string of the molecule is CC(C)C(=O)SCCN(C)C. The van der Waals surface area contributed by atoms with Gasteiger partial charge in [0, 0.05) is 18.2 Å². The quantitative estimate of drug-likeness (QED) is 0.645. The van der Waals surface area contributed by atoms with Gasteiger partial charge in [-0.2, -0.15) is 0 Å². The van der Waals surface area contributed by atoms with Crippen molar-refractivity contribution in [1.82, 2.24) is 4.90 Å². The Balaban J connectivity index is 3.32. The molecule has 0 rings (SSSR count). The predicted molar refractivity (Wildman–Crippen MR) is 50.9 cm³/mol. The first-order valence-electron chi connectivity index (χ1n) is 3.85. The molecule has 0 aromatic rings. The zero-order valence-electron chi connectivity index (χ0n) is 7.76. The van der Waals surface area contributed by atoms with Crippen molar-refractivity contribution in [2.45, 2.75) is 13.8 Å². The van der Waals surface area contributed by atoms with Crippen LogP contribution in [0.15, 0.2) is 0 Å². The molecule has 2 nitrogen and oxygen atoms in total. The third-order valence-electron chi connectivity index (χ3n) is 1.25. The Morgan fingerprint density at radius 3 is 2.36 bits per heavy atom. The van der Waals surface area contributed by atoms with Crippen LogP contribution in [0.4, 0.5) is 0 Å². The van der Waals surface area contributed by atoms with Gasteiger partial charge in [-0.15, -0.1) is 0 Å². The van der Waals surface area contributed by atoms with E-state index in [-0.39, 0.29) is 5.92 Å². The Labute approximate surface area is 73.3 Å². The van der Waals surface area contributed by atoms with Crippen molar-refractivity contribution in [3.8, 4) is 0 Å². The molecule has 0 amide bonds. The monoisotopic (exact) mass is 175 g/mol. The first-order valence-corrected chi connectivity index (χ1v) is 4.84. The minimum absolute atomic E-state index is 0.169. The van der Waals surface area contributed by atoms with Crippen molar-refractivity contribution < 1.29 is 4.79 Å². The van der Waals surface area contributed by atoms with E-state index < -0.39 is 0 Å².